The molecule has 4 heteroatoms. The van der Waals surface area contributed by atoms with E-state index in [1.165, 1.54) is 19.3 Å². The van der Waals surface area contributed by atoms with E-state index in [0.29, 0.717) is 0 Å². The maximum Gasteiger partial charge on any atom is 0.112 e. The second kappa shape index (κ2) is 3.95. The molecule has 0 radical (unpaired) electrons. The van der Waals surface area contributed by atoms with Crippen LogP contribution in [0.2, 0.25) is 0 Å². The summed E-state index contributed by atoms with van der Waals surface area (Å²) in [6.45, 7) is 2.27. The fraction of sp³-hybridized carbons (Fsp3) is 0.385. The van der Waals surface area contributed by atoms with E-state index in [0.717, 1.165) is 21.2 Å². The number of halogens is 1. The standard InChI is InChI=1S/C13H14BrN3/c1-13(4-2-5-13)17-10-3-6-15-11-7-9(14)8-16-12(10)11/h3,6-8H,2,4-5H2,1H3,(H,15,17). The Hall–Kier alpha value is -1.16. The van der Waals surface area contributed by atoms with Crippen molar-refractivity contribution in [3.63, 3.8) is 0 Å². The monoisotopic (exact) mass is 291 g/mol. The van der Waals surface area contributed by atoms with E-state index in [2.05, 4.69) is 38.1 Å². The number of aromatic nitrogens is 2. The largest absolute Gasteiger partial charge is 0.378 e. The highest BCUT2D eigenvalue weighted by molar-refractivity contribution is 9.10. The third-order valence-electron chi connectivity index (χ3n) is 3.44. The van der Waals surface area contributed by atoms with Crippen LogP contribution in [-0.2, 0) is 0 Å². The van der Waals surface area contributed by atoms with Crippen LogP contribution < -0.4 is 5.32 Å². The number of hydrogen-bond acceptors (Lipinski definition) is 3. The van der Waals surface area contributed by atoms with Crippen molar-refractivity contribution in [2.45, 2.75) is 31.7 Å². The summed E-state index contributed by atoms with van der Waals surface area (Å²) in [5.41, 5.74) is 3.20. The predicted molar refractivity (Wildman–Crippen MR) is 73.1 cm³/mol. The molecular formula is C13H14BrN3. The van der Waals surface area contributed by atoms with Gasteiger partial charge in [-0.3, -0.25) is 9.97 Å². The highest BCUT2D eigenvalue weighted by Gasteiger charge is 2.31. The van der Waals surface area contributed by atoms with Crippen LogP contribution in [0, 0.1) is 0 Å². The fourth-order valence-electron chi connectivity index (χ4n) is 2.26. The van der Waals surface area contributed by atoms with Crippen LogP contribution in [0.5, 0.6) is 0 Å². The van der Waals surface area contributed by atoms with Crippen molar-refractivity contribution in [1.82, 2.24) is 9.97 Å². The minimum absolute atomic E-state index is 0.239. The van der Waals surface area contributed by atoms with Gasteiger partial charge in [-0.25, -0.2) is 0 Å². The predicted octanol–water partition coefficient (Wildman–Crippen LogP) is 3.75. The lowest BCUT2D eigenvalue weighted by Crippen LogP contribution is -2.41. The molecule has 0 aromatic carbocycles. The highest BCUT2D eigenvalue weighted by Crippen LogP contribution is 2.36. The van der Waals surface area contributed by atoms with Gasteiger partial charge in [-0.2, -0.15) is 0 Å². The average Bonchev–Trinajstić information content (AvgIpc) is 2.27. The van der Waals surface area contributed by atoms with Crippen molar-refractivity contribution in [1.29, 1.82) is 0 Å². The lowest BCUT2D eigenvalue weighted by atomic mass is 9.78. The van der Waals surface area contributed by atoms with Crippen molar-refractivity contribution in [3.8, 4) is 0 Å². The summed E-state index contributed by atoms with van der Waals surface area (Å²) in [6.07, 6.45) is 7.42. The number of hydrogen-bond donors (Lipinski definition) is 1. The second-order valence-corrected chi connectivity index (χ2v) is 5.83. The molecule has 0 amide bonds. The molecular weight excluding hydrogens is 278 g/mol. The summed E-state index contributed by atoms with van der Waals surface area (Å²) in [7, 11) is 0. The van der Waals surface area contributed by atoms with Crippen molar-refractivity contribution in [2.75, 3.05) is 5.32 Å². The Balaban J connectivity index is 2.04. The minimum atomic E-state index is 0.239. The lowest BCUT2D eigenvalue weighted by molar-refractivity contribution is 0.307. The Labute approximate surface area is 109 Å². The van der Waals surface area contributed by atoms with Gasteiger partial charge < -0.3 is 5.32 Å². The number of anilines is 1. The zero-order valence-corrected chi connectivity index (χ0v) is 11.3. The molecule has 2 heterocycles. The molecule has 2 aromatic heterocycles. The minimum Gasteiger partial charge on any atom is -0.378 e. The molecule has 1 N–H and O–H groups in total. The maximum absolute atomic E-state index is 4.45. The Kier molecular flexibility index (Phi) is 2.54. The van der Waals surface area contributed by atoms with E-state index in [-0.39, 0.29) is 5.54 Å². The summed E-state index contributed by atoms with van der Waals surface area (Å²) in [5, 5.41) is 3.60. The van der Waals surface area contributed by atoms with E-state index < -0.39 is 0 Å². The first kappa shape index (κ1) is 11.0. The van der Waals surface area contributed by atoms with Gasteiger partial charge >= 0.3 is 0 Å². The van der Waals surface area contributed by atoms with Crippen molar-refractivity contribution >= 4 is 32.7 Å². The smallest absolute Gasteiger partial charge is 0.112 e. The average molecular weight is 292 g/mol. The molecule has 1 aliphatic rings. The molecule has 0 bridgehead atoms. The Morgan fingerprint density at radius 2 is 2.18 bits per heavy atom. The van der Waals surface area contributed by atoms with Gasteiger partial charge in [-0.1, -0.05) is 0 Å². The van der Waals surface area contributed by atoms with Crippen molar-refractivity contribution < 1.29 is 0 Å². The molecule has 3 rings (SSSR count). The van der Waals surface area contributed by atoms with E-state index in [9.17, 15) is 0 Å². The molecule has 1 saturated carbocycles. The summed E-state index contributed by atoms with van der Waals surface area (Å²) in [4.78, 5) is 8.80. The zero-order chi connectivity index (χ0) is 11.9. The first-order chi connectivity index (χ1) is 8.16. The highest BCUT2D eigenvalue weighted by atomic mass is 79.9. The van der Waals surface area contributed by atoms with Gasteiger partial charge in [-0.05, 0) is 54.2 Å². The van der Waals surface area contributed by atoms with Crippen LogP contribution in [0.15, 0.2) is 29.0 Å². The van der Waals surface area contributed by atoms with E-state index in [4.69, 9.17) is 0 Å². The van der Waals surface area contributed by atoms with Gasteiger partial charge in [0, 0.05) is 22.4 Å². The Morgan fingerprint density at radius 1 is 1.35 bits per heavy atom. The maximum atomic E-state index is 4.45. The van der Waals surface area contributed by atoms with Crippen LogP contribution in [0.25, 0.3) is 11.0 Å². The summed E-state index contributed by atoms with van der Waals surface area (Å²) in [5.74, 6) is 0. The molecule has 1 aliphatic carbocycles. The third-order valence-corrected chi connectivity index (χ3v) is 3.87. The van der Waals surface area contributed by atoms with Gasteiger partial charge in [0.15, 0.2) is 0 Å². The quantitative estimate of drug-likeness (QED) is 0.916. The molecule has 0 saturated heterocycles. The molecule has 3 nitrogen and oxygen atoms in total. The molecule has 0 atom stereocenters. The first-order valence-corrected chi connectivity index (χ1v) is 6.64. The van der Waals surface area contributed by atoms with Gasteiger partial charge in [0.2, 0.25) is 0 Å². The van der Waals surface area contributed by atoms with Crippen LogP contribution >= 0.6 is 15.9 Å². The van der Waals surface area contributed by atoms with Crippen LogP contribution in [0.3, 0.4) is 0 Å². The Bertz CT molecular complexity index is 564. The Morgan fingerprint density at radius 3 is 2.88 bits per heavy atom. The van der Waals surface area contributed by atoms with Gasteiger partial charge in [-0.15, -0.1) is 0 Å². The summed E-state index contributed by atoms with van der Waals surface area (Å²) in [6, 6.07) is 4.00. The van der Waals surface area contributed by atoms with Crippen LogP contribution in [-0.4, -0.2) is 15.5 Å². The number of rotatable bonds is 2. The van der Waals surface area contributed by atoms with Crippen molar-refractivity contribution in [3.05, 3.63) is 29.0 Å². The topological polar surface area (TPSA) is 37.8 Å². The molecule has 0 spiro atoms. The first-order valence-electron chi connectivity index (χ1n) is 5.85. The number of fused-ring (bicyclic) bond motifs is 1. The zero-order valence-electron chi connectivity index (χ0n) is 9.70. The number of nitrogens with zero attached hydrogens (tertiary/aromatic N) is 2. The molecule has 17 heavy (non-hydrogen) atoms. The lowest BCUT2D eigenvalue weighted by Gasteiger charge is -2.40. The van der Waals surface area contributed by atoms with Gasteiger partial charge in [0.1, 0.15) is 5.52 Å². The molecule has 0 aliphatic heterocycles. The van der Waals surface area contributed by atoms with E-state index >= 15 is 0 Å². The summed E-state index contributed by atoms with van der Waals surface area (Å²) < 4.78 is 0.963. The van der Waals surface area contributed by atoms with Gasteiger partial charge in [0.05, 0.1) is 11.2 Å². The second-order valence-electron chi connectivity index (χ2n) is 4.92. The number of pyridine rings is 2. The molecule has 88 valence electrons. The van der Waals surface area contributed by atoms with Crippen LogP contribution in [0.1, 0.15) is 26.2 Å². The molecule has 2 aromatic rings. The summed E-state index contributed by atoms with van der Waals surface area (Å²) >= 11 is 3.42. The van der Waals surface area contributed by atoms with E-state index in [1.54, 1.807) is 0 Å². The SMILES string of the molecule is CC1(Nc2ccnc3cc(Br)cnc23)CCC1. The third kappa shape index (κ3) is 2.02. The normalized spacial score (nSPS) is 17.8. The number of nitrogens with one attached hydrogen (secondary N) is 1. The molecule has 1 fully saturated rings. The van der Waals surface area contributed by atoms with Crippen molar-refractivity contribution in [2.24, 2.45) is 0 Å². The van der Waals surface area contributed by atoms with E-state index in [1.807, 2.05) is 24.5 Å². The van der Waals surface area contributed by atoms with Crippen LogP contribution in [0.4, 0.5) is 5.69 Å². The molecule has 0 unspecified atom stereocenters. The van der Waals surface area contributed by atoms with Gasteiger partial charge in [0.25, 0.3) is 0 Å². The fourth-order valence-corrected chi connectivity index (χ4v) is 2.58.